The minimum Gasteiger partial charge on any atom is -0.463 e. The third-order valence-electron chi connectivity index (χ3n) is 3.18. The molecule has 0 aliphatic rings. The molecule has 0 rings (SSSR count). The zero-order valence-corrected chi connectivity index (χ0v) is 16.1. The summed E-state index contributed by atoms with van der Waals surface area (Å²) >= 11 is 0. The lowest BCUT2D eigenvalue weighted by Crippen LogP contribution is -1.99. The molecule has 0 spiro atoms. The van der Waals surface area contributed by atoms with Crippen molar-refractivity contribution in [3.05, 3.63) is 70.9 Å². The third kappa shape index (κ3) is 13.6. The van der Waals surface area contributed by atoms with Crippen LogP contribution in [0.15, 0.2) is 70.9 Å². The van der Waals surface area contributed by atoms with Gasteiger partial charge in [0.1, 0.15) is 0 Å². The van der Waals surface area contributed by atoms with Crippen LogP contribution in [0.3, 0.4) is 0 Å². The number of rotatable bonds is 9. The molecule has 2 heteroatoms. The predicted octanol–water partition coefficient (Wildman–Crippen LogP) is 6.25. The van der Waals surface area contributed by atoms with E-state index in [9.17, 15) is 4.79 Å². The first kappa shape index (κ1) is 21.9. The van der Waals surface area contributed by atoms with Gasteiger partial charge in [-0.05, 0) is 60.0 Å². The molecule has 24 heavy (non-hydrogen) atoms. The molecule has 0 heterocycles. The highest BCUT2D eigenvalue weighted by molar-refractivity contribution is 5.83. The van der Waals surface area contributed by atoms with Crippen LogP contribution in [0.25, 0.3) is 0 Å². The maximum atomic E-state index is 11.3. The number of allylic oxidation sites excluding steroid dienone is 11. The smallest absolute Gasteiger partial charge is 0.330 e. The Balaban J connectivity index is 4.46. The van der Waals surface area contributed by atoms with Gasteiger partial charge in [-0.2, -0.15) is 0 Å². The van der Waals surface area contributed by atoms with Gasteiger partial charge in [-0.15, -0.1) is 0 Å². The average Bonchev–Trinajstić information content (AvgIpc) is 2.46. The average molecular weight is 328 g/mol. The molecule has 0 radical (unpaired) electrons. The standard InChI is InChI=1S/C22H32O2/c1-7-24-22(23)17-21(6)16-10-15-20(5)14-9-13-19(4)12-8-11-18(2)3/h9-11,13-17H,7-8,12H2,1-6H3. The second-order valence-electron chi connectivity index (χ2n) is 6.10. The summed E-state index contributed by atoms with van der Waals surface area (Å²) in [4.78, 5) is 11.3. The van der Waals surface area contributed by atoms with Crippen molar-refractivity contribution >= 4 is 5.97 Å². The fourth-order valence-electron chi connectivity index (χ4n) is 1.86. The van der Waals surface area contributed by atoms with Crippen molar-refractivity contribution in [2.45, 2.75) is 54.4 Å². The van der Waals surface area contributed by atoms with Crippen LogP contribution in [0.1, 0.15) is 54.4 Å². The highest BCUT2D eigenvalue weighted by Gasteiger charge is 1.94. The van der Waals surface area contributed by atoms with Gasteiger partial charge in [0, 0.05) is 6.08 Å². The molecule has 0 saturated carbocycles. The minimum absolute atomic E-state index is 0.297. The normalized spacial score (nSPS) is 13.7. The van der Waals surface area contributed by atoms with Gasteiger partial charge in [0.25, 0.3) is 0 Å². The van der Waals surface area contributed by atoms with Crippen molar-refractivity contribution in [3.63, 3.8) is 0 Å². The summed E-state index contributed by atoms with van der Waals surface area (Å²) in [6.45, 7) is 12.5. The Hall–Kier alpha value is -2.09. The summed E-state index contributed by atoms with van der Waals surface area (Å²) in [7, 11) is 0. The summed E-state index contributed by atoms with van der Waals surface area (Å²) in [5.74, 6) is -0.297. The van der Waals surface area contributed by atoms with Gasteiger partial charge in [0.05, 0.1) is 6.61 Å². The monoisotopic (exact) mass is 328 g/mol. The topological polar surface area (TPSA) is 26.3 Å². The van der Waals surface area contributed by atoms with Gasteiger partial charge >= 0.3 is 5.97 Å². The molecule has 0 aromatic heterocycles. The van der Waals surface area contributed by atoms with Gasteiger partial charge in [0.15, 0.2) is 0 Å². The highest BCUT2D eigenvalue weighted by Crippen LogP contribution is 2.07. The van der Waals surface area contributed by atoms with E-state index in [-0.39, 0.29) is 5.97 Å². The summed E-state index contributed by atoms with van der Waals surface area (Å²) in [5.41, 5.74) is 4.77. The second kappa shape index (κ2) is 13.4. The van der Waals surface area contributed by atoms with E-state index < -0.39 is 0 Å². The lowest BCUT2D eigenvalue weighted by molar-refractivity contribution is -0.137. The summed E-state index contributed by atoms with van der Waals surface area (Å²) in [5, 5.41) is 0. The second-order valence-corrected chi connectivity index (χ2v) is 6.10. The van der Waals surface area contributed by atoms with Crippen LogP contribution >= 0.6 is 0 Å². The van der Waals surface area contributed by atoms with Crippen LogP contribution in [0.4, 0.5) is 0 Å². The Labute approximate surface area is 148 Å². The van der Waals surface area contributed by atoms with Crippen molar-refractivity contribution in [3.8, 4) is 0 Å². The van der Waals surface area contributed by atoms with E-state index in [0.717, 1.165) is 24.0 Å². The molecular weight excluding hydrogens is 296 g/mol. The van der Waals surface area contributed by atoms with Crippen LogP contribution in [0.5, 0.6) is 0 Å². The Morgan fingerprint density at radius 2 is 1.54 bits per heavy atom. The molecule has 0 aromatic carbocycles. The molecule has 0 bridgehead atoms. The lowest BCUT2D eigenvalue weighted by Gasteiger charge is -1.97. The third-order valence-corrected chi connectivity index (χ3v) is 3.18. The molecule has 0 N–H and O–H groups in total. The van der Waals surface area contributed by atoms with Crippen LogP contribution in [-0.2, 0) is 9.53 Å². The van der Waals surface area contributed by atoms with Crippen LogP contribution in [0.2, 0.25) is 0 Å². The molecule has 0 unspecified atom stereocenters. The fraction of sp³-hybridized carbons (Fsp3) is 0.409. The minimum atomic E-state index is -0.297. The van der Waals surface area contributed by atoms with Crippen molar-refractivity contribution < 1.29 is 9.53 Å². The highest BCUT2D eigenvalue weighted by atomic mass is 16.5. The van der Waals surface area contributed by atoms with Gasteiger partial charge in [-0.3, -0.25) is 0 Å². The van der Waals surface area contributed by atoms with Crippen molar-refractivity contribution in [1.29, 1.82) is 0 Å². The molecule has 0 aromatic rings. The lowest BCUT2D eigenvalue weighted by atomic mass is 10.1. The molecule has 0 atom stereocenters. The molecule has 2 nitrogen and oxygen atoms in total. The van der Waals surface area contributed by atoms with E-state index in [1.807, 2.05) is 25.2 Å². The van der Waals surface area contributed by atoms with E-state index in [4.69, 9.17) is 4.74 Å². The van der Waals surface area contributed by atoms with E-state index in [2.05, 4.69) is 52.0 Å². The summed E-state index contributed by atoms with van der Waals surface area (Å²) < 4.78 is 4.87. The number of carbonyl (C=O) groups is 1. The number of esters is 1. The Morgan fingerprint density at radius 1 is 0.917 bits per heavy atom. The number of hydrogen-bond donors (Lipinski definition) is 0. The Kier molecular flexibility index (Phi) is 12.2. The van der Waals surface area contributed by atoms with E-state index >= 15 is 0 Å². The molecular formula is C22H32O2. The van der Waals surface area contributed by atoms with Gasteiger partial charge in [-0.1, -0.05) is 59.3 Å². The molecule has 0 amide bonds. The molecule has 0 aliphatic heterocycles. The van der Waals surface area contributed by atoms with E-state index in [0.29, 0.717) is 6.61 Å². The number of hydrogen-bond acceptors (Lipinski definition) is 2. The van der Waals surface area contributed by atoms with Gasteiger partial charge < -0.3 is 4.74 Å². The maximum Gasteiger partial charge on any atom is 0.330 e. The van der Waals surface area contributed by atoms with E-state index in [1.165, 1.54) is 17.2 Å². The quantitative estimate of drug-likeness (QED) is 0.216. The summed E-state index contributed by atoms with van der Waals surface area (Å²) in [6.07, 6.45) is 18.1. The Morgan fingerprint density at radius 3 is 2.17 bits per heavy atom. The first-order valence-corrected chi connectivity index (χ1v) is 8.52. The van der Waals surface area contributed by atoms with Crippen molar-refractivity contribution in [1.82, 2.24) is 0 Å². The molecule has 0 fully saturated rings. The molecule has 0 saturated heterocycles. The van der Waals surface area contributed by atoms with Crippen molar-refractivity contribution in [2.24, 2.45) is 0 Å². The van der Waals surface area contributed by atoms with Gasteiger partial charge in [0.2, 0.25) is 0 Å². The van der Waals surface area contributed by atoms with Crippen LogP contribution in [0, 0.1) is 0 Å². The number of carbonyl (C=O) groups excluding carboxylic acids is 1. The number of ether oxygens (including phenoxy) is 1. The fourth-order valence-corrected chi connectivity index (χ4v) is 1.86. The molecule has 132 valence electrons. The maximum absolute atomic E-state index is 11.3. The SMILES string of the molecule is CCOC(=O)C=C(C)C=CC=C(C)C=CC=C(C)CCC=C(C)C. The largest absolute Gasteiger partial charge is 0.463 e. The van der Waals surface area contributed by atoms with Crippen molar-refractivity contribution in [2.75, 3.05) is 6.61 Å². The zero-order valence-electron chi connectivity index (χ0n) is 16.1. The predicted molar refractivity (Wildman–Crippen MR) is 105 cm³/mol. The van der Waals surface area contributed by atoms with Gasteiger partial charge in [-0.25, -0.2) is 4.79 Å². The first-order valence-electron chi connectivity index (χ1n) is 8.52. The van der Waals surface area contributed by atoms with E-state index in [1.54, 1.807) is 6.92 Å². The van der Waals surface area contributed by atoms with Crippen LogP contribution in [-0.4, -0.2) is 12.6 Å². The summed E-state index contributed by atoms with van der Waals surface area (Å²) in [6, 6.07) is 0. The van der Waals surface area contributed by atoms with Crippen LogP contribution < -0.4 is 0 Å². The first-order chi connectivity index (χ1) is 11.3. The zero-order chi connectivity index (χ0) is 18.4. The molecule has 0 aliphatic carbocycles. The Bertz CT molecular complexity index is 563.